The van der Waals surface area contributed by atoms with Gasteiger partial charge in [0.15, 0.2) is 0 Å². The summed E-state index contributed by atoms with van der Waals surface area (Å²) in [5, 5.41) is 8.66. The Hall–Kier alpha value is -0.560. The van der Waals surface area contributed by atoms with Crippen LogP contribution in [-0.4, -0.2) is 11.7 Å². The first-order chi connectivity index (χ1) is 4.70. The predicted molar refractivity (Wildman–Crippen MR) is 44.8 cm³/mol. The number of aliphatic hydroxyl groups is 1. The van der Waals surface area contributed by atoms with Gasteiger partial charge < -0.3 is 5.11 Å². The lowest BCUT2D eigenvalue weighted by Crippen LogP contribution is -1.91. The summed E-state index contributed by atoms with van der Waals surface area (Å²) in [7, 11) is 0. The third-order valence-electron chi connectivity index (χ3n) is 1.36. The largest absolute Gasteiger partial charge is 0.392 e. The van der Waals surface area contributed by atoms with Crippen LogP contribution in [0.3, 0.4) is 0 Å². The highest BCUT2D eigenvalue weighted by molar-refractivity contribution is 5.01. The van der Waals surface area contributed by atoms with Crippen LogP contribution in [0, 0.1) is 5.92 Å². The molecule has 0 fully saturated rings. The monoisotopic (exact) mass is 140 g/mol. The summed E-state index contributed by atoms with van der Waals surface area (Å²) in [5.41, 5.74) is 1.04. The summed E-state index contributed by atoms with van der Waals surface area (Å²) in [6, 6.07) is 0. The van der Waals surface area contributed by atoms with E-state index < -0.39 is 0 Å². The van der Waals surface area contributed by atoms with Crippen LogP contribution in [0.1, 0.15) is 20.3 Å². The van der Waals surface area contributed by atoms with Crippen molar-refractivity contribution in [2.75, 3.05) is 6.61 Å². The van der Waals surface area contributed by atoms with E-state index in [0.717, 1.165) is 12.0 Å². The van der Waals surface area contributed by atoms with Crippen molar-refractivity contribution in [1.82, 2.24) is 0 Å². The molecule has 1 N–H and O–H groups in total. The van der Waals surface area contributed by atoms with Gasteiger partial charge in [-0.25, -0.2) is 0 Å². The van der Waals surface area contributed by atoms with Crippen LogP contribution in [0.15, 0.2) is 24.3 Å². The van der Waals surface area contributed by atoms with Gasteiger partial charge in [-0.05, 0) is 19.3 Å². The molecule has 1 heteroatoms. The van der Waals surface area contributed by atoms with Crippen molar-refractivity contribution in [1.29, 1.82) is 0 Å². The molecule has 0 radical (unpaired) electrons. The van der Waals surface area contributed by atoms with Crippen molar-refractivity contribution in [3.8, 4) is 0 Å². The third kappa shape index (κ3) is 4.33. The number of hydrogen-bond donors (Lipinski definition) is 1. The smallest absolute Gasteiger partial charge is 0.0639 e. The minimum absolute atomic E-state index is 0.168. The lowest BCUT2D eigenvalue weighted by Gasteiger charge is -2.02. The first-order valence-corrected chi connectivity index (χ1v) is 3.59. The van der Waals surface area contributed by atoms with Crippen molar-refractivity contribution in [2.24, 2.45) is 5.92 Å². The molecular weight excluding hydrogens is 124 g/mol. The van der Waals surface area contributed by atoms with Crippen LogP contribution in [0.25, 0.3) is 0 Å². The summed E-state index contributed by atoms with van der Waals surface area (Å²) in [4.78, 5) is 0. The minimum atomic E-state index is 0.168. The van der Waals surface area contributed by atoms with Gasteiger partial charge >= 0.3 is 0 Å². The molecule has 0 aliphatic heterocycles. The molecule has 1 unspecified atom stereocenters. The molecule has 0 spiro atoms. The molecule has 58 valence electrons. The van der Waals surface area contributed by atoms with E-state index in [1.807, 2.05) is 13.0 Å². The van der Waals surface area contributed by atoms with Gasteiger partial charge in [-0.1, -0.05) is 24.6 Å². The first kappa shape index (κ1) is 9.44. The Balaban J connectivity index is 3.73. The molecule has 0 rings (SSSR count). The Bertz CT molecular complexity index is 125. The standard InChI is InChI=1S/C9H16O/c1-4-5-8(2)6-9(3)7-10/h4,6,8,10H,1,5,7H2,2-3H3/b9-6-. The van der Waals surface area contributed by atoms with Gasteiger partial charge in [0, 0.05) is 0 Å². The maximum atomic E-state index is 8.66. The van der Waals surface area contributed by atoms with Gasteiger partial charge in [-0.2, -0.15) is 0 Å². The van der Waals surface area contributed by atoms with Crippen molar-refractivity contribution in [3.63, 3.8) is 0 Å². The van der Waals surface area contributed by atoms with Crippen molar-refractivity contribution in [2.45, 2.75) is 20.3 Å². The fourth-order valence-corrected chi connectivity index (χ4v) is 0.869. The van der Waals surface area contributed by atoms with Crippen molar-refractivity contribution >= 4 is 0 Å². The molecule has 1 nitrogen and oxygen atoms in total. The van der Waals surface area contributed by atoms with Gasteiger partial charge in [0.2, 0.25) is 0 Å². The van der Waals surface area contributed by atoms with Gasteiger partial charge in [0.25, 0.3) is 0 Å². The summed E-state index contributed by atoms with van der Waals surface area (Å²) >= 11 is 0. The van der Waals surface area contributed by atoms with E-state index in [2.05, 4.69) is 19.6 Å². The fourth-order valence-electron chi connectivity index (χ4n) is 0.869. The third-order valence-corrected chi connectivity index (χ3v) is 1.36. The Morgan fingerprint density at radius 1 is 1.70 bits per heavy atom. The van der Waals surface area contributed by atoms with Crippen molar-refractivity contribution < 1.29 is 5.11 Å². The molecular formula is C9H16O. The van der Waals surface area contributed by atoms with Gasteiger partial charge in [-0.15, -0.1) is 6.58 Å². The van der Waals surface area contributed by atoms with E-state index in [-0.39, 0.29) is 6.61 Å². The summed E-state index contributed by atoms with van der Waals surface area (Å²) in [5.74, 6) is 0.504. The van der Waals surface area contributed by atoms with Crippen LogP contribution in [-0.2, 0) is 0 Å². The second kappa shape index (κ2) is 5.24. The molecule has 0 heterocycles. The molecule has 0 aliphatic rings. The molecule has 0 amide bonds. The lowest BCUT2D eigenvalue weighted by molar-refractivity contribution is 0.330. The fraction of sp³-hybridized carbons (Fsp3) is 0.556. The van der Waals surface area contributed by atoms with Crippen molar-refractivity contribution in [3.05, 3.63) is 24.3 Å². The summed E-state index contributed by atoms with van der Waals surface area (Å²) in [6.45, 7) is 7.85. The molecule has 0 saturated heterocycles. The summed E-state index contributed by atoms with van der Waals surface area (Å²) in [6.07, 6.45) is 4.95. The quantitative estimate of drug-likeness (QED) is 0.593. The SMILES string of the molecule is C=CCC(C)/C=C(/C)CO. The Kier molecular flexibility index (Phi) is 4.95. The summed E-state index contributed by atoms with van der Waals surface area (Å²) < 4.78 is 0. The van der Waals surface area contributed by atoms with E-state index in [0.29, 0.717) is 5.92 Å². The van der Waals surface area contributed by atoms with Crippen LogP contribution in [0.2, 0.25) is 0 Å². The van der Waals surface area contributed by atoms with Gasteiger partial charge in [0.1, 0.15) is 0 Å². The predicted octanol–water partition coefficient (Wildman–Crippen LogP) is 2.14. The first-order valence-electron chi connectivity index (χ1n) is 3.59. The number of hydrogen-bond acceptors (Lipinski definition) is 1. The van der Waals surface area contributed by atoms with Crippen LogP contribution in [0.4, 0.5) is 0 Å². The van der Waals surface area contributed by atoms with Crippen LogP contribution >= 0.6 is 0 Å². The van der Waals surface area contributed by atoms with E-state index >= 15 is 0 Å². The molecule has 0 aromatic rings. The topological polar surface area (TPSA) is 20.2 Å². The second-order valence-corrected chi connectivity index (χ2v) is 2.67. The number of aliphatic hydroxyl groups excluding tert-OH is 1. The highest BCUT2D eigenvalue weighted by atomic mass is 16.3. The Labute approximate surface area is 63.1 Å². The zero-order valence-corrected chi connectivity index (χ0v) is 6.80. The van der Waals surface area contributed by atoms with Crippen LogP contribution in [0.5, 0.6) is 0 Å². The van der Waals surface area contributed by atoms with Crippen LogP contribution < -0.4 is 0 Å². The average Bonchev–Trinajstić information content (AvgIpc) is 1.88. The zero-order chi connectivity index (χ0) is 7.98. The highest BCUT2D eigenvalue weighted by Crippen LogP contribution is 2.06. The minimum Gasteiger partial charge on any atom is -0.392 e. The Morgan fingerprint density at radius 3 is 2.70 bits per heavy atom. The zero-order valence-electron chi connectivity index (χ0n) is 6.80. The molecule has 0 saturated carbocycles. The second-order valence-electron chi connectivity index (χ2n) is 2.67. The van der Waals surface area contributed by atoms with E-state index in [1.54, 1.807) is 0 Å². The van der Waals surface area contributed by atoms with Gasteiger partial charge in [-0.3, -0.25) is 0 Å². The molecule has 0 aromatic carbocycles. The lowest BCUT2D eigenvalue weighted by atomic mass is 10.1. The number of rotatable bonds is 4. The van der Waals surface area contributed by atoms with E-state index in [4.69, 9.17) is 5.11 Å². The molecule has 0 aliphatic carbocycles. The average molecular weight is 140 g/mol. The maximum Gasteiger partial charge on any atom is 0.0639 e. The molecule has 0 aromatic heterocycles. The van der Waals surface area contributed by atoms with Gasteiger partial charge in [0.05, 0.1) is 6.61 Å². The van der Waals surface area contributed by atoms with E-state index in [9.17, 15) is 0 Å². The molecule has 10 heavy (non-hydrogen) atoms. The van der Waals surface area contributed by atoms with E-state index in [1.165, 1.54) is 0 Å². The number of allylic oxidation sites excluding steroid dienone is 2. The highest BCUT2D eigenvalue weighted by Gasteiger charge is 1.93. The maximum absolute atomic E-state index is 8.66. The normalized spacial score (nSPS) is 14.9. The molecule has 1 atom stereocenters. The Morgan fingerprint density at radius 2 is 2.30 bits per heavy atom. The molecule has 0 bridgehead atoms.